The second-order valence-corrected chi connectivity index (χ2v) is 8.38. The third kappa shape index (κ3) is 3.24. The summed E-state index contributed by atoms with van der Waals surface area (Å²) in [7, 11) is 0. The van der Waals surface area contributed by atoms with Crippen molar-refractivity contribution in [1.82, 2.24) is 15.2 Å². The van der Waals surface area contributed by atoms with Crippen LogP contribution >= 0.6 is 23.1 Å². The molecule has 0 unspecified atom stereocenters. The maximum Gasteiger partial charge on any atom is 0.250 e. The van der Waals surface area contributed by atoms with Crippen LogP contribution in [0.5, 0.6) is 0 Å². The van der Waals surface area contributed by atoms with E-state index in [1.807, 2.05) is 35.7 Å². The van der Waals surface area contributed by atoms with Crippen LogP contribution in [0.25, 0.3) is 10.7 Å². The summed E-state index contributed by atoms with van der Waals surface area (Å²) in [6.07, 6.45) is 0. The number of anilines is 2. The lowest BCUT2D eigenvalue weighted by Gasteiger charge is -2.42. The third-order valence-electron chi connectivity index (χ3n) is 4.30. The van der Waals surface area contributed by atoms with E-state index < -0.39 is 5.54 Å². The monoisotopic (exact) mass is 399 g/mol. The van der Waals surface area contributed by atoms with E-state index >= 15 is 0 Å². The van der Waals surface area contributed by atoms with Crippen molar-refractivity contribution in [2.24, 2.45) is 0 Å². The molecule has 7 nitrogen and oxygen atoms in total. The van der Waals surface area contributed by atoms with Gasteiger partial charge in [0.2, 0.25) is 17.0 Å². The molecule has 9 heteroatoms. The van der Waals surface area contributed by atoms with Gasteiger partial charge in [-0.2, -0.15) is 0 Å². The molecular weight excluding hydrogens is 382 g/mol. The van der Waals surface area contributed by atoms with Gasteiger partial charge in [0, 0.05) is 0 Å². The molecule has 2 amide bonds. The third-order valence-corrected chi connectivity index (χ3v) is 6.01. The van der Waals surface area contributed by atoms with Gasteiger partial charge in [-0.05, 0) is 37.4 Å². The Kier molecular flexibility index (Phi) is 4.48. The van der Waals surface area contributed by atoms with E-state index in [-0.39, 0.29) is 17.6 Å². The first-order valence-electron chi connectivity index (χ1n) is 8.29. The molecule has 1 aliphatic heterocycles. The number of nitrogens with zero attached hydrogens (tertiary/aromatic N) is 3. The molecule has 2 N–H and O–H groups in total. The molecule has 0 aliphatic carbocycles. The standard InChI is InChI=1S/C18H17N5O2S2/c1-18(2)16(25)19-11-6-3-4-7-12(11)23(18)14(24)10-27-17-20-15(21-22-17)13-8-5-9-26-13/h3-9H,10H2,1-2H3,(H,19,25)(H,20,21,22). The SMILES string of the molecule is CC1(C)C(=O)Nc2ccccc2N1C(=O)CSc1n[nH]c(-c2cccs2)n1. The van der Waals surface area contributed by atoms with Crippen molar-refractivity contribution in [3.63, 3.8) is 0 Å². The van der Waals surface area contributed by atoms with E-state index in [2.05, 4.69) is 20.5 Å². The Morgan fingerprint density at radius 3 is 2.85 bits per heavy atom. The zero-order valence-electron chi connectivity index (χ0n) is 14.7. The van der Waals surface area contributed by atoms with Gasteiger partial charge in [0.15, 0.2) is 5.82 Å². The Labute approximate surface area is 164 Å². The van der Waals surface area contributed by atoms with Gasteiger partial charge in [0.1, 0.15) is 5.54 Å². The van der Waals surface area contributed by atoms with Crippen molar-refractivity contribution in [2.75, 3.05) is 16.0 Å². The number of hydrogen-bond donors (Lipinski definition) is 2. The van der Waals surface area contributed by atoms with Crippen LogP contribution in [0.3, 0.4) is 0 Å². The van der Waals surface area contributed by atoms with Gasteiger partial charge in [-0.3, -0.25) is 19.6 Å². The van der Waals surface area contributed by atoms with E-state index in [4.69, 9.17) is 0 Å². The molecule has 2 aromatic heterocycles. The Bertz CT molecular complexity index is 997. The number of rotatable bonds is 4. The molecule has 27 heavy (non-hydrogen) atoms. The number of H-pyrrole nitrogens is 1. The molecule has 0 bridgehead atoms. The quantitative estimate of drug-likeness (QED) is 0.656. The van der Waals surface area contributed by atoms with Gasteiger partial charge in [-0.1, -0.05) is 30.0 Å². The minimum Gasteiger partial charge on any atom is -0.322 e. The highest BCUT2D eigenvalue weighted by Crippen LogP contribution is 2.37. The fourth-order valence-corrected chi connectivity index (χ4v) is 4.24. The van der Waals surface area contributed by atoms with Gasteiger partial charge in [-0.15, -0.1) is 16.4 Å². The van der Waals surface area contributed by atoms with Crippen molar-refractivity contribution in [2.45, 2.75) is 24.5 Å². The Morgan fingerprint density at radius 1 is 1.26 bits per heavy atom. The Balaban J connectivity index is 1.53. The fourth-order valence-electron chi connectivity index (χ4n) is 2.92. The second kappa shape index (κ2) is 6.82. The first-order valence-corrected chi connectivity index (χ1v) is 10.2. The minimum atomic E-state index is -0.979. The molecule has 0 saturated carbocycles. The number of aromatic amines is 1. The number of thiophene rings is 1. The number of amides is 2. The highest BCUT2D eigenvalue weighted by molar-refractivity contribution is 7.99. The summed E-state index contributed by atoms with van der Waals surface area (Å²) >= 11 is 2.81. The number of benzene rings is 1. The number of carbonyl (C=O) groups is 2. The highest BCUT2D eigenvalue weighted by Gasteiger charge is 2.43. The molecule has 0 spiro atoms. The lowest BCUT2D eigenvalue weighted by atomic mass is 9.96. The van der Waals surface area contributed by atoms with E-state index in [1.165, 1.54) is 11.8 Å². The summed E-state index contributed by atoms with van der Waals surface area (Å²) in [5, 5.41) is 12.4. The molecule has 0 saturated heterocycles. The van der Waals surface area contributed by atoms with Crippen LogP contribution in [0.15, 0.2) is 46.9 Å². The summed E-state index contributed by atoms with van der Waals surface area (Å²) in [6.45, 7) is 3.48. The van der Waals surface area contributed by atoms with Gasteiger partial charge >= 0.3 is 0 Å². The number of nitrogens with one attached hydrogen (secondary N) is 2. The number of para-hydroxylation sites is 2. The molecule has 4 rings (SSSR count). The zero-order valence-corrected chi connectivity index (χ0v) is 16.4. The summed E-state index contributed by atoms with van der Waals surface area (Å²) in [6, 6.07) is 11.2. The van der Waals surface area contributed by atoms with Crippen LogP contribution in [-0.4, -0.2) is 38.3 Å². The number of thioether (sulfide) groups is 1. The Hall–Kier alpha value is -2.65. The second-order valence-electron chi connectivity index (χ2n) is 6.49. The van der Waals surface area contributed by atoms with Gasteiger partial charge in [-0.25, -0.2) is 4.98 Å². The van der Waals surface area contributed by atoms with Crippen molar-refractivity contribution in [3.8, 4) is 10.7 Å². The van der Waals surface area contributed by atoms with Crippen LogP contribution in [-0.2, 0) is 9.59 Å². The van der Waals surface area contributed by atoms with Crippen molar-refractivity contribution in [1.29, 1.82) is 0 Å². The predicted octanol–water partition coefficient (Wildman–Crippen LogP) is 3.39. The average molecular weight is 400 g/mol. The average Bonchev–Trinajstić information content (AvgIpc) is 3.32. The molecule has 1 aliphatic rings. The molecule has 3 aromatic rings. The van der Waals surface area contributed by atoms with Crippen molar-refractivity contribution in [3.05, 3.63) is 41.8 Å². The molecule has 0 fully saturated rings. The lowest BCUT2D eigenvalue weighted by molar-refractivity contribution is -0.125. The lowest BCUT2D eigenvalue weighted by Crippen LogP contribution is -2.58. The molecular formula is C18H17N5O2S2. The molecule has 0 radical (unpaired) electrons. The molecule has 138 valence electrons. The van der Waals surface area contributed by atoms with Crippen LogP contribution in [0.2, 0.25) is 0 Å². The topological polar surface area (TPSA) is 91.0 Å². The molecule has 1 aromatic carbocycles. The van der Waals surface area contributed by atoms with E-state index in [9.17, 15) is 9.59 Å². The molecule has 3 heterocycles. The fraction of sp³-hybridized carbons (Fsp3) is 0.222. The first kappa shape index (κ1) is 17.7. The van der Waals surface area contributed by atoms with Gasteiger partial charge in [0.05, 0.1) is 22.0 Å². The predicted molar refractivity (Wildman–Crippen MR) is 107 cm³/mol. The first-order chi connectivity index (χ1) is 13.0. The minimum absolute atomic E-state index is 0.132. The summed E-state index contributed by atoms with van der Waals surface area (Å²) < 4.78 is 0. The number of hydrogen-bond acceptors (Lipinski definition) is 6. The van der Waals surface area contributed by atoms with Gasteiger partial charge in [0.25, 0.3) is 0 Å². The maximum absolute atomic E-state index is 13.0. The van der Waals surface area contributed by atoms with Crippen LogP contribution in [0.4, 0.5) is 11.4 Å². The molecule has 0 atom stereocenters. The summed E-state index contributed by atoms with van der Waals surface area (Å²) in [5.41, 5.74) is 0.354. The normalized spacial score (nSPS) is 15.3. The van der Waals surface area contributed by atoms with Crippen LogP contribution in [0, 0.1) is 0 Å². The van der Waals surface area contributed by atoms with Crippen molar-refractivity contribution < 1.29 is 9.59 Å². The van der Waals surface area contributed by atoms with Crippen LogP contribution < -0.4 is 10.2 Å². The zero-order chi connectivity index (χ0) is 19.0. The van der Waals surface area contributed by atoms with Crippen molar-refractivity contribution >= 4 is 46.3 Å². The smallest absolute Gasteiger partial charge is 0.250 e. The maximum atomic E-state index is 13.0. The van der Waals surface area contributed by atoms with Gasteiger partial charge < -0.3 is 5.32 Å². The summed E-state index contributed by atoms with van der Waals surface area (Å²) in [5.74, 6) is 0.433. The highest BCUT2D eigenvalue weighted by atomic mass is 32.2. The van der Waals surface area contributed by atoms with E-state index in [0.717, 1.165) is 4.88 Å². The number of carbonyl (C=O) groups excluding carboxylic acids is 2. The Morgan fingerprint density at radius 2 is 2.07 bits per heavy atom. The van der Waals surface area contributed by atoms with E-state index in [0.29, 0.717) is 22.4 Å². The van der Waals surface area contributed by atoms with Crippen LogP contribution in [0.1, 0.15) is 13.8 Å². The van der Waals surface area contributed by atoms with E-state index in [1.54, 1.807) is 36.2 Å². The largest absolute Gasteiger partial charge is 0.322 e. The number of aromatic nitrogens is 3. The summed E-state index contributed by atoms with van der Waals surface area (Å²) in [4.78, 5) is 32.4. The number of fused-ring (bicyclic) bond motifs is 1.